The highest BCUT2D eigenvalue weighted by molar-refractivity contribution is 14.1. The minimum Gasteiger partial charge on any atom is -0.320 e. The molecule has 76 valence electrons. The number of rotatable bonds is 2. The zero-order valence-electron chi connectivity index (χ0n) is 7.35. The highest BCUT2D eigenvalue weighted by atomic mass is 127. The highest BCUT2D eigenvalue weighted by Gasteiger charge is 2.34. The third-order valence-corrected chi connectivity index (χ3v) is 2.02. The Bertz CT molecular complexity index is 349. The highest BCUT2D eigenvalue weighted by Crippen LogP contribution is 2.24. The van der Waals surface area contributed by atoms with E-state index in [1.165, 1.54) is 0 Å². The molecule has 0 aliphatic rings. The topological polar surface area (TPSA) is 29.1 Å². The van der Waals surface area contributed by atoms with Gasteiger partial charge in [0.1, 0.15) is 0 Å². The van der Waals surface area contributed by atoms with Gasteiger partial charge in [0.2, 0.25) is 0 Å². The zero-order chi connectivity index (χ0) is 10.8. The lowest BCUT2D eigenvalue weighted by Gasteiger charge is -2.09. The Labute approximate surface area is 93.8 Å². The lowest BCUT2D eigenvalue weighted by atomic mass is 10.2. The molecule has 0 spiro atoms. The first-order valence-corrected chi connectivity index (χ1v) is 4.92. The summed E-state index contributed by atoms with van der Waals surface area (Å²) in [7, 11) is 0. The van der Waals surface area contributed by atoms with Crippen LogP contribution in [0.5, 0.6) is 0 Å². The fraction of sp³-hybridized carbons (Fsp3) is 0.222. The summed E-state index contributed by atoms with van der Waals surface area (Å²) in [5, 5.41) is 2.13. The molecule has 0 radical (unpaired) electrons. The molecular weight excluding hydrogens is 303 g/mol. The molecule has 0 saturated heterocycles. The van der Waals surface area contributed by atoms with Crippen LogP contribution < -0.4 is 5.32 Å². The van der Waals surface area contributed by atoms with Gasteiger partial charge in [-0.2, -0.15) is 8.78 Å². The molecule has 14 heavy (non-hydrogen) atoms. The second-order valence-electron chi connectivity index (χ2n) is 2.82. The van der Waals surface area contributed by atoms with Gasteiger partial charge in [-0.25, -0.2) is 0 Å². The van der Waals surface area contributed by atoms with E-state index < -0.39 is 9.84 Å². The quantitative estimate of drug-likeness (QED) is 0.660. The number of hydrogen-bond acceptors (Lipinski definition) is 1. The minimum atomic E-state index is -3.37. The number of halogens is 3. The molecule has 0 bridgehead atoms. The molecule has 0 aliphatic carbocycles. The zero-order valence-corrected chi connectivity index (χ0v) is 9.51. The van der Waals surface area contributed by atoms with Crippen LogP contribution in [0.4, 0.5) is 14.5 Å². The molecule has 2 nitrogen and oxygen atoms in total. The van der Waals surface area contributed by atoms with Gasteiger partial charge in [0, 0.05) is 28.3 Å². The van der Waals surface area contributed by atoms with E-state index in [1.807, 2.05) is 13.0 Å². The third-order valence-electron chi connectivity index (χ3n) is 1.53. The number of alkyl halides is 3. The summed E-state index contributed by atoms with van der Waals surface area (Å²) in [6.07, 6.45) is 0. The molecule has 1 rings (SSSR count). The average Bonchev–Trinajstić information content (AvgIpc) is 2.02. The molecule has 0 fully saturated rings. The molecule has 0 saturated carbocycles. The van der Waals surface area contributed by atoms with Crippen molar-refractivity contribution >= 4 is 34.2 Å². The number of hydrogen-bond donors (Lipinski definition) is 1. The largest absolute Gasteiger partial charge is 0.372 e. The number of nitrogens with one attached hydrogen (secondary N) is 1. The number of carbonyl (C=O) groups excluding carboxylic acids is 1. The van der Waals surface area contributed by atoms with Gasteiger partial charge >= 0.3 is 9.84 Å². The predicted molar refractivity (Wildman–Crippen MR) is 58.8 cm³/mol. The van der Waals surface area contributed by atoms with Gasteiger partial charge in [-0.15, -0.1) is 0 Å². The molecule has 5 heteroatoms. The van der Waals surface area contributed by atoms with Crippen molar-refractivity contribution in [2.24, 2.45) is 0 Å². The van der Waals surface area contributed by atoms with Gasteiger partial charge in [0.05, 0.1) is 0 Å². The van der Waals surface area contributed by atoms with Crippen LogP contribution in [0.1, 0.15) is 5.56 Å². The van der Waals surface area contributed by atoms with E-state index >= 15 is 0 Å². The molecule has 0 atom stereocenters. The first-order chi connectivity index (χ1) is 6.39. The SMILES string of the molecule is Cc1cccc(NC(=O)C(F)(F)I)c1. The Hall–Kier alpha value is -0.720. The summed E-state index contributed by atoms with van der Waals surface area (Å²) < 4.78 is 21.6. The van der Waals surface area contributed by atoms with Crippen LogP contribution in [0, 0.1) is 6.92 Å². The summed E-state index contributed by atoms with van der Waals surface area (Å²) in [5.41, 5.74) is 1.28. The van der Waals surface area contributed by atoms with E-state index in [0.29, 0.717) is 5.69 Å². The van der Waals surface area contributed by atoms with Crippen molar-refractivity contribution in [1.82, 2.24) is 0 Å². The predicted octanol–water partition coefficient (Wildman–Crippen LogP) is 2.96. The van der Waals surface area contributed by atoms with E-state index in [0.717, 1.165) is 28.2 Å². The van der Waals surface area contributed by atoms with Gasteiger partial charge < -0.3 is 5.32 Å². The number of aryl methyl sites for hydroxylation is 1. The van der Waals surface area contributed by atoms with Gasteiger partial charge in [-0.1, -0.05) is 12.1 Å². The van der Waals surface area contributed by atoms with Crippen LogP contribution >= 0.6 is 22.6 Å². The van der Waals surface area contributed by atoms with Gasteiger partial charge in [0.15, 0.2) is 0 Å². The van der Waals surface area contributed by atoms with Crippen LogP contribution in [0.3, 0.4) is 0 Å². The number of anilines is 1. The van der Waals surface area contributed by atoms with E-state index in [9.17, 15) is 13.6 Å². The maximum absolute atomic E-state index is 12.5. The first kappa shape index (κ1) is 11.4. The number of amides is 1. The van der Waals surface area contributed by atoms with Crippen molar-refractivity contribution < 1.29 is 13.6 Å². The molecule has 1 aromatic carbocycles. The van der Waals surface area contributed by atoms with Crippen molar-refractivity contribution in [3.8, 4) is 0 Å². The molecule has 0 aliphatic heterocycles. The Kier molecular flexibility index (Phi) is 3.41. The first-order valence-electron chi connectivity index (χ1n) is 3.84. The second-order valence-corrected chi connectivity index (χ2v) is 4.18. The van der Waals surface area contributed by atoms with Crippen LogP contribution in [0.15, 0.2) is 24.3 Å². The molecular formula is C9H8F2INO. The van der Waals surface area contributed by atoms with E-state index in [1.54, 1.807) is 18.2 Å². The Morgan fingerprint density at radius 1 is 1.50 bits per heavy atom. The molecule has 1 N–H and O–H groups in total. The van der Waals surface area contributed by atoms with Crippen molar-refractivity contribution in [3.63, 3.8) is 0 Å². The Morgan fingerprint density at radius 2 is 2.14 bits per heavy atom. The summed E-state index contributed by atoms with van der Waals surface area (Å²) in [4.78, 5) is 10.9. The summed E-state index contributed by atoms with van der Waals surface area (Å²) in [5.74, 6) is -1.30. The lowest BCUT2D eigenvalue weighted by molar-refractivity contribution is -0.127. The Morgan fingerprint density at radius 3 is 2.64 bits per heavy atom. The minimum absolute atomic E-state index is 0.381. The fourth-order valence-electron chi connectivity index (χ4n) is 0.925. The fourth-order valence-corrected chi connectivity index (χ4v) is 1.06. The normalized spacial score (nSPS) is 11.1. The second kappa shape index (κ2) is 4.20. The average molecular weight is 311 g/mol. The van der Waals surface area contributed by atoms with E-state index in [2.05, 4.69) is 5.32 Å². The number of carbonyl (C=O) groups is 1. The van der Waals surface area contributed by atoms with Crippen molar-refractivity contribution in [1.29, 1.82) is 0 Å². The van der Waals surface area contributed by atoms with Gasteiger partial charge in [-0.3, -0.25) is 4.79 Å². The van der Waals surface area contributed by atoms with Crippen LogP contribution in [0.25, 0.3) is 0 Å². The molecule has 0 unspecified atom stereocenters. The molecule has 0 heterocycles. The molecule has 0 aromatic heterocycles. The standard InChI is InChI=1S/C9H8F2INO/c1-6-3-2-4-7(5-6)13-8(14)9(10,11)12/h2-5H,1H3,(H,13,14). The number of benzene rings is 1. The van der Waals surface area contributed by atoms with Crippen LogP contribution in [-0.4, -0.2) is 9.84 Å². The van der Waals surface area contributed by atoms with E-state index in [-0.39, 0.29) is 0 Å². The lowest BCUT2D eigenvalue weighted by Crippen LogP contribution is -2.28. The van der Waals surface area contributed by atoms with E-state index in [4.69, 9.17) is 0 Å². The summed E-state index contributed by atoms with van der Waals surface area (Å²) in [6.45, 7) is 1.82. The van der Waals surface area contributed by atoms with Crippen molar-refractivity contribution in [2.75, 3.05) is 5.32 Å². The van der Waals surface area contributed by atoms with Gasteiger partial charge in [0.25, 0.3) is 0 Å². The summed E-state index contributed by atoms with van der Waals surface area (Å²) >= 11 is 0.793. The van der Waals surface area contributed by atoms with Crippen molar-refractivity contribution in [2.45, 2.75) is 10.9 Å². The smallest absolute Gasteiger partial charge is 0.320 e. The molecule has 1 amide bonds. The van der Waals surface area contributed by atoms with Crippen molar-refractivity contribution in [3.05, 3.63) is 29.8 Å². The maximum atomic E-state index is 12.5. The van der Waals surface area contributed by atoms with Crippen LogP contribution in [0.2, 0.25) is 0 Å². The maximum Gasteiger partial charge on any atom is 0.372 e. The monoisotopic (exact) mass is 311 g/mol. The van der Waals surface area contributed by atoms with Crippen LogP contribution in [-0.2, 0) is 4.79 Å². The molecule has 1 aromatic rings. The third kappa shape index (κ3) is 3.21. The summed E-state index contributed by atoms with van der Waals surface area (Å²) in [6, 6.07) is 6.70. The Balaban J connectivity index is 2.75. The van der Waals surface area contributed by atoms with Gasteiger partial charge in [-0.05, 0) is 24.6 Å².